The molecule has 52 valence electrons. The van der Waals surface area contributed by atoms with Gasteiger partial charge in [-0.1, -0.05) is 0 Å². The lowest BCUT2D eigenvalue weighted by Crippen LogP contribution is -2.18. The first-order valence-corrected chi connectivity index (χ1v) is 2.41. The zero-order valence-corrected chi connectivity index (χ0v) is 5.46. The fourth-order valence-corrected chi connectivity index (χ4v) is 0.338. The van der Waals surface area contributed by atoms with Gasteiger partial charge in [0.05, 0.1) is 0 Å². The smallest absolute Gasteiger partial charge is 0.286 e. The van der Waals surface area contributed by atoms with Gasteiger partial charge in [0.2, 0.25) is 0 Å². The second-order valence-electron chi connectivity index (χ2n) is 1.30. The fourth-order valence-electron chi connectivity index (χ4n) is 0.338. The minimum Gasteiger partial charge on any atom is -0.422 e. The van der Waals surface area contributed by atoms with Crippen LogP contribution in [0.15, 0.2) is 0 Å². The number of rotatable bonds is 4. The van der Waals surface area contributed by atoms with Crippen molar-refractivity contribution in [3.05, 3.63) is 0 Å². The molecule has 0 radical (unpaired) electrons. The van der Waals surface area contributed by atoms with Crippen LogP contribution in [-0.4, -0.2) is 27.1 Å². The van der Waals surface area contributed by atoms with Gasteiger partial charge in [0.25, 0.3) is 6.26 Å². The maximum atomic E-state index is 7.92. The van der Waals surface area contributed by atoms with Crippen LogP contribution in [0.2, 0.25) is 0 Å². The lowest BCUT2D eigenvalue weighted by atomic mass is 10.7. The van der Waals surface area contributed by atoms with Crippen LogP contribution in [0.25, 0.3) is 0 Å². The summed E-state index contributed by atoms with van der Waals surface area (Å²) in [5, 5.41) is 7.92. The Balaban J connectivity index is 3.22. The normalized spacial score (nSPS) is 9.11. The van der Waals surface area contributed by atoms with E-state index in [0.29, 0.717) is 0 Å². The van der Waals surface area contributed by atoms with Crippen molar-refractivity contribution < 1.29 is 14.2 Å². The summed E-state index contributed by atoms with van der Waals surface area (Å²) in [7, 11) is 2.96. The highest BCUT2D eigenvalue weighted by Gasteiger charge is 2.02. The molecule has 0 aliphatic heterocycles. The zero-order valence-electron chi connectivity index (χ0n) is 5.46. The van der Waals surface area contributed by atoms with Crippen LogP contribution in [-0.2, 0) is 14.2 Å². The molecule has 0 aromatic carbocycles. The zero-order chi connectivity index (χ0) is 7.11. The number of methoxy groups -OCH3 is 2. The Labute approximate surface area is 53.9 Å². The van der Waals surface area contributed by atoms with Gasteiger partial charge in [0.15, 0.2) is 12.9 Å². The Morgan fingerprint density at radius 3 is 2.33 bits per heavy atom. The molecule has 0 amide bonds. The van der Waals surface area contributed by atoms with E-state index < -0.39 is 6.29 Å². The lowest BCUT2D eigenvalue weighted by Gasteiger charge is -2.09. The first-order chi connectivity index (χ1) is 4.35. The van der Waals surface area contributed by atoms with Crippen molar-refractivity contribution in [1.82, 2.24) is 0 Å². The average molecular weight is 131 g/mol. The van der Waals surface area contributed by atoms with Crippen LogP contribution in [0.1, 0.15) is 0 Å². The van der Waals surface area contributed by atoms with Gasteiger partial charge in [-0.25, -0.2) is 0 Å². The van der Waals surface area contributed by atoms with Crippen molar-refractivity contribution in [1.29, 1.82) is 5.26 Å². The Hall–Kier alpha value is -0.790. The van der Waals surface area contributed by atoms with Crippen molar-refractivity contribution >= 4 is 0 Å². The summed E-state index contributed by atoms with van der Waals surface area (Å²) in [4.78, 5) is 0. The molecule has 0 fully saturated rings. The Kier molecular flexibility index (Phi) is 4.88. The molecule has 0 aliphatic rings. The molecule has 0 bridgehead atoms. The van der Waals surface area contributed by atoms with Crippen molar-refractivity contribution in [2.24, 2.45) is 0 Å². The van der Waals surface area contributed by atoms with Gasteiger partial charge in [-0.3, -0.25) is 0 Å². The van der Waals surface area contributed by atoms with E-state index in [1.807, 2.05) is 0 Å². The van der Waals surface area contributed by atoms with E-state index >= 15 is 0 Å². The highest BCUT2D eigenvalue weighted by Crippen LogP contribution is 1.89. The minimum absolute atomic E-state index is 0.142. The summed E-state index contributed by atoms with van der Waals surface area (Å²) in [6, 6.07) is 0. The van der Waals surface area contributed by atoms with Gasteiger partial charge in [-0.15, -0.1) is 0 Å². The average Bonchev–Trinajstić information content (AvgIpc) is 1.91. The van der Waals surface area contributed by atoms with Gasteiger partial charge in [0.1, 0.15) is 0 Å². The Morgan fingerprint density at radius 1 is 1.44 bits per heavy atom. The molecule has 4 nitrogen and oxygen atoms in total. The predicted octanol–water partition coefficient (Wildman–Crippen LogP) is 0.103. The largest absolute Gasteiger partial charge is 0.422 e. The molecular formula is C5H9NO3. The lowest BCUT2D eigenvalue weighted by molar-refractivity contribution is -0.126. The maximum Gasteiger partial charge on any atom is 0.286 e. The SMILES string of the molecule is COC(COC#N)OC. The summed E-state index contributed by atoms with van der Waals surface area (Å²) >= 11 is 0. The van der Waals surface area contributed by atoms with Gasteiger partial charge in [-0.2, -0.15) is 5.26 Å². The third-order valence-corrected chi connectivity index (χ3v) is 0.810. The molecular weight excluding hydrogens is 122 g/mol. The number of nitriles is 1. The Bertz CT molecular complexity index is 94.9. The molecule has 4 heteroatoms. The second kappa shape index (κ2) is 5.35. The van der Waals surface area contributed by atoms with Crippen molar-refractivity contribution in [2.75, 3.05) is 20.8 Å². The first-order valence-electron chi connectivity index (χ1n) is 2.41. The molecule has 0 saturated carbocycles. The predicted molar refractivity (Wildman–Crippen MR) is 29.4 cm³/mol. The summed E-state index contributed by atoms with van der Waals surface area (Å²) in [6.45, 7) is 0.142. The molecule has 0 spiro atoms. The van der Waals surface area contributed by atoms with E-state index in [0.717, 1.165) is 0 Å². The minimum atomic E-state index is -0.440. The maximum absolute atomic E-state index is 7.92. The fraction of sp³-hybridized carbons (Fsp3) is 0.800. The topological polar surface area (TPSA) is 51.5 Å². The first kappa shape index (κ1) is 8.21. The van der Waals surface area contributed by atoms with E-state index in [1.165, 1.54) is 20.5 Å². The van der Waals surface area contributed by atoms with Gasteiger partial charge < -0.3 is 14.2 Å². The van der Waals surface area contributed by atoms with Crippen LogP contribution in [0.3, 0.4) is 0 Å². The molecule has 0 rings (SSSR count). The molecule has 0 aromatic heterocycles. The van der Waals surface area contributed by atoms with E-state index in [4.69, 9.17) is 14.7 Å². The second-order valence-corrected chi connectivity index (χ2v) is 1.30. The van der Waals surface area contributed by atoms with Crippen LogP contribution in [0.4, 0.5) is 0 Å². The summed E-state index contributed by atoms with van der Waals surface area (Å²) in [6.07, 6.45) is 1.07. The van der Waals surface area contributed by atoms with Gasteiger partial charge >= 0.3 is 0 Å². The standard InChI is InChI=1S/C5H9NO3/c1-7-5(8-2)3-9-4-6/h5H,3H2,1-2H3. The molecule has 0 N–H and O–H groups in total. The van der Waals surface area contributed by atoms with Gasteiger partial charge in [0, 0.05) is 14.2 Å². The summed E-state index contributed by atoms with van der Waals surface area (Å²) in [5.74, 6) is 0. The molecule has 0 aromatic rings. The van der Waals surface area contributed by atoms with E-state index in [1.54, 1.807) is 0 Å². The molecule has 0 heterocycles. The number of ether oxygens (including phenoxy) is 3. The molecule has 9 heavy (non-hydrogen) atoms. The molecule has 0 saturated heterocycles. The molecule has 0 aliphatic carbocycles. The molecule has 0 atom stereocenters. The third kappa shape index (κ3) is 3.76. The van der Waals surface area contributed by atoms with E-state index in [2.05, 4.69) is 4.74 Å². The van der Waals surface area contributed by atoms with Crippen molar-refractivity contribution in [3.8, 4) is 6.26 Å². The Morgan fingerprint density at radius 2 is 2.00 bits per heavy atom. The van der Waals surface area contributed by atoms with Gasteiger partial charge in [-0.05, 0) is 0 Å². The van der Waals surface area contributed by atoms with Crippen LogP contribution in [0.5, 0.6) is 0 Å². The number of hydrogen-bond acceptors (Lipinski definition) is 4. The third-order valence-electron chi connectivity index (χ3n) is 0.810. The highest BCUT2D eigenvalue weighted by molar-refractivity contribution is 4.49. The monoisotopic (exact) mass is 131 g/mol. The number of nitrogens with zero attached hydrogens (tertiary/aromatic N) is 1. The van der Waals surface area contributed by atoms with Crippen LogP contribution < -0.4 is 0 Å². The van der Waals surface area contributed by atoms with Crippen LogP contribution in [0, 0.1) is 11.5 Å². The van der Waals surface area contributed by atoms with E-state index in [9.17, 15) is 0 Å². The number of hydrogen-bond donors (Lipinski definition) is 0. The molecule has 0 unspecified atom stereocenters. The van der Waals surface area contributed by atoms with Crippen LogP contribution >= 0.6 is 0 Å². The van der Waals surface area contributed by atoms with E-state index in [-0.39, 0.29) is 6.61 Å². The summed E-state index contributed by atoms with van der Waals surface area (Å²) in [5.41, 5.74) is 0. The quantitative estimate of drug-likeness (QED) is 0.401. The van der Waals surface area contributed by atoms with Crippen molar-refractivity contribution in [3.63, 3.8) is 0 Å². The summed E-state index contributed by atoms with van der Waals surface area (Å²) < 4.78 is 13.7. The highest BCUT2D eigenvalue weighted by atomic mass is 16.7. The van der Waals surface area contributed by atoms with Crippen molar-refractivity contribution in [2.45, 2.75) is 6.29 Å².